The van der Waals surface area contributed by atoms with Crippen LogP contribution in [0.25, 0.3) is 0 Å². The standard InChI is InChI=1S/C7H6BrN3O2S2/c8-5-1-4-14-6(5)15(12,13)11-7-9-2-3-10-7/h1-4H,(H2,9,10,11). The van der Waals surface area contributed by atoms with Crippen molar-refractivity contribution >= 4 is 43.2 Å². The molecule has 2 rings (SSSR count). The normalized spacial score (nSPS) is 11.5. The van der Waals surface area contributed by atoms with Crippen molar-refractivity contribution in [3.8, 4) is 0 Å². The second kappa shape index (κ2) is 3.95. The van der Waals surface area contributed by atoms with Gasteiger partial charge in [-0.2, -0.15) is 0 Å². The smallest absolute Gasteiger partial charge is 0.274 e. The van der Waals surface area contributed by atoms with Crippen LogP contribution in [0, 0.1) is 0 Å². The van der Waals surface area contributed by atoms with Gasteiger partial charge in [0, 0.05) is 16.9 Å². The summed E-state index contributed by atoms with van der Waals surface area (Å²) in [5.41, 5.74) is 0. The van der Waals surface area contributed by atoms with E-state index in [9.17, 15) is 8.42 Å². The molecule has 5 nitrogen and oxygen atoms in total. The maximum Gasteiger partial charge on any atom is 0.274 e. The summed E-state index contributed by atoms with van der Waals surface area (Å²) < 4.78 is 26.7. The van der Waals surface area contributed by atoms with Gasteiger partial charge in [-0.25, -0.2) is 18.1 Å². The molecule has 2 aromatic heterocycles. The van der Waals surface area contributed by atoms with Gasteiger partial charge in [0.05, 0.1) is 0 Å². The molecule has 0 saturated carbocycles. The molecular formula is C7H6BrN3O2S2. The molecule has 0 aliphatic heterocycles. The first-order valence-corrected chi connectivity index (χ1v) is 7.00. The SMILES string of the molecule is O=S(=O)(Nc1ncc[nH]1)c1sccc1Br. The number of nitrogens with one attached hydrogen (secondary N) is 2. The van der Waals surface area contributed by atoms with Gasteiger partial charge >= 0.3 is 0 Å². The Kier molecular flexibility index (Phi) is 2.81. The third-order valence-electron chi connectivity index (χ3n) is 1.56. The molecule has 0 saturated heterocycles. The number of rotatable bonds is 3. The highest BCUT2D eigenvalue weighted by molar-refractivity contribution is 9.10. The molecule has 0 radical (unpaired) electrons. The predicted octanol–water partition coefficient (Wildman–Crippen LogP) is 2.03. The lowest BCUT2D eigenvalue weighted by Gasteiger charge is -2.02. The van der Waals surface area contributed by atoms with E-state index in [1.54, 1.807) is 17.6 Å². The van der Waals surface area contributed by atoms with Crippen molar-refractivity contribution in [1.82, 2.24) is 9.97 Å². The number of aromatic nitrogens is 2. The van der Waals surface area contributed by atoms with E-state index in [0.717, 1.165) is 11.3 Å². The second-order valence-corrected chi connectivity index (χ2v) is 6.25. The summed E-state index contributed by atoms with van der Waals surface area (Å²) in [4.78, 5) is 6.45. The van der Waals surface area contributed by atoms with Crippen molar-refractivity contribution in [3.05, 3.63) is 28.3 Å². The summed E-state index contributed by atoms with van der Waals surface area (Å²) in [6.45, 7) is 0. The van der Waals surface area contributed by atoms with E-state index in [1.807, 2.05) is 0 Å². The fourth-order valence-corrected chi connectivity index (χ4v) is 4.28. The Balaban J connectivity index is 2.33. The number of thiophene rings is 1. The molecule has 0 atom stereocenters. The van der Waals surface area contributed by atoms with Gasteiger partial charge in [0.25, 0.3) is 10.0 Å². The lowest BCUT2D eigenvalue weighted by molar-refractivity contribution is 0.602. The first-order valence-electron chi connectivity index (χ1n) is 3.85. The van der Waals surface area contributed by atoms with Crippen molar-refractivity contribution in [2.24, 2.45) is 0 Å². The molecule has 0 spiro atoms. The van der Waals surface area contributed by atoms with E-state index in [4.69, 9.17) is 0 Å². The van der Waals surface area contributed by atoms with Gasteiger partial charge in [0.2, 0.25) is 5.95 Å². The molecule has 0 unspecified atom stereocenters. The van der Waals surface area contributed by atoms with Crippen LogP contribution in [0.5, 0.6) is 0 Å². The van der Waals surface area contributed by atoms with Gasteiger partial charge in [0.1, 0.15) is 0 Å². The zero-order chi connectivity index (χ0) is 10.9. The van der Waals surface area contributed by atoms with Crippen LogP contribution >= 0.6 is 27.3 Å². The fraction of sp³-hybridized carbons (Fsp3) is 0. The van der Waals surface area contributed by atoms with Crippen LogP contribution < -0.4 is 4.72 Å². The number of hydrogen-bond acceptors (Lipinski definition) is 4. The molecule has 0 aliphatic carbocycles. The van der Waals surface area contributed by atoms with Crippen molar-refractivity contribution in [2.45, 2.75) is 4.21 Å². The highest BCUT2D eigenvalue weighted by Crippen LogP contribution is 2.28. The molecule has 0 fully saturated rings. The van der Waals surface area contributed by atoms with Gasteiger partial charge in [-0.05, 0) is 27.4 Å². The fourth-order valence-electron chi connectivity index (χ4n) is 0.966. The van der Waals surface area contributed by atoms with E-state index in [2.05, 4.69) is 30.6 Å². The van der Waals surface area contributed by atoms with Crippen LogP contribution in [-0.4, -0.2) is 18.4 Å². The lowest BCUT2D eigenvalue weighted by atomic mass is 10.7. The molecule has 8 heteroatoms. The summed E-state index contributed by atoms with van der Waals surface area (Å²) in [5.74, 6) is 0.204. The Morgan fingerprint density at radius 3 is 2.87 bits per heavy atom. The Bertz CT molecular complexity index is 547. The van der Waals surface area contributed by atoms with Gasteiger partial charge in [-0.15, -0.1) is 11.3 Å². The third kappa shape index (κ3) is 2.21. The van der Waals surface area contributed by atoms with Crippen LogP contribution in [0.4, 0.5) is 5.95 Å². The van der Waals surface area contributed by atoms with Crippen LogP contribution in [-0.2, 0) is 10.0 Å². The van der Waals surface area contributed by atoms with Gasteiger partial charge in [-0.1, -0.05) is 0 Å². The minimum atomic E-state index is -3.54. The van der Waals surface area contributed by atoms with Crippen LogP contribution in [0.1, 0.15) is 0 Å². The largest absolute Gasteiger partial charge is 0.330 e. The van der Waals surface area contributed by atoms with Gasteiger partial charge < -0.3 is 4.98 Å². The summed E-state index contributed by atoms with van der Waals surface area (Å²) in [6.07, 6.45) is 3.02. The molecule has 15 heavy (non-hydrogen) atoms. The molecule has 0 bridgehead atoms. The topological polar surface area (TPSA) is 74.8 Å². The predicted molar refractivity (Wildman–Crippen MR) is 61.4 cm³/mol. The molecule has 2 N–H and O–H groups in total. The number of hydrogen-bond donors (Lipinski definition) is 2. The van der Waals surface area contributed by atoms with Crippen LogP contribution in [0.3, 0.4) is 0 Å². The van der Waals surface area contributed by atoms with Crippen molar-refractivity contribution in [1.29, 1.82) is 0 Å². The molecule has 0 aromatic carbocycles. The van der Waals surface area contributed by atoms with Crippen LogP contribution in [0.15, 0.2) is 32.5 Å². The molecule has 2 heterocycles. The maximum absolute atomic E-state index is 11.8. The highest BCUT2D eigenvalue weighted by atomic mass is 79.9. The monoisotopic (exact) mass is 307 g/mol. The van der Waals surface area contributed by atoms with Gasteiger partial charge in [-0.3, -0.25) is 0 Å². The summed E-state index contributed by atoms with van der Waals surface area (Å²) in [7, 11) is -3.54. The zero-order valence-corrected chi connectivity index (χ0v) is 10.5. The van der Waals surface area contributed by atoms with Gasteiger partial charge in [0.15, 0.2) is 4.21 Å². The Morgan fingerprint density at radius 2 is 2.33 bits per heavy atom. The van der Waals surface area contributed by atoms with Crippen molar-refractivity contribution < 1.29 is 8.42 Å². The number of sulfonamides is 1. The summed E-state index contributed by atoms with van der Waals surface area (Å²) >= 11 is 4.31. The quantitative estimate of drug-likeness (QED) is 0.911. The number of halogens is 1. The second-order valence-electron chi connectivity index (χ2n) is 2.60. The molecule has 0 aliphatic rings. The molecular weight excluding hydrogens is 302 g/mol. The number of imidazole rings is 1. The number of H-pyrrole nitrogens is 1. The minimum Gasteiger partial charge on any atom is -0.330 e. The van der Waals surface area contributed by atoms with E-state index in [-0.39, 0.29) is 10.2 Å². The first-order chi connectivity index (χ1) is 7.09. The van der Waals surface area contributed by atoms with Crippen molar-refractivity contribution in [3.63, 3.8) is 0 Å². The van der Waals surface area contributed by atoms with E-state index < -0.39 is 10.0 Å². The zero-order valence-electron chi connectivity index (χ0n) is 7.27. The van der Waals surface area contributed by atoms with E-state index in [1.165, 1.54) is 6.20 Å². The summed E-state index contributed by atoms with van der Waals surface area (Å²) in [6, 6.07) is 1.68. The number of anilines is 1. The average Bonchev–Trinajstić information content (AvgIpc) is 2.75. The van der Waals surface area contributed by atoms with Crippen LogP contribution in [0.2, 0.25) is 0 Å². The Morgan fingerprint density at radius 1 is 1.53 bits per heavy atom. The number of nitrogens with zero attached hydrogens (tertiary/aromatic N) is 1. The lowest BCUT2D eigenvalue weighted by Crippen LogP contribution is -2.12. The molecule has 2 aromatic rings. The average molecular weight is 308 g/mol. The maximum atomic E-state index is 11.8. The van der Waals surface area contributed by atoms with E-state index >= 15 is 0 Å². The Hall–Kier alpha value is -0.860. The van der Waals surface area contributed by atoms with Crippen molar-refractivity contribution in [2.75, 3.05) is 4.72 Å². The molecule has 0 amide bonds. The molecule has 80 valence electrons. The van der Waals surface area contributed by atoms with E-state index in [0.29, 0.717) is 4.47 Å². The highest BCUT2D eigenvalue weighted by Gasteiger charge is 2.19. The Labute approximate surface area is 98.7 Å². The third-order valence-corrected chi connectivity index (χ3v) is 5.57. The summed E-state index contributed by atoms with van der Waals surface area (Å²) in [5, 5.41) is 1.70. The first kappa shape index (κ1) is 10.7. The minimum absolute atomic E-state index is 0.204. The number of aromatic amines is 1.